The van der Waals surface area contributed by atoms with Crippen molar-refractivity contribution in [3.63, 3.8) is 0 Å². The lowest BCUT2D eigenvalue weighted by molar-refractivity contribution is -0.131. The SMILES string of the molecule is CC(=O)Oc1cc2c(C(=O)NC[C@H]3CCCO3)c(C)oc2c2ccccc12. The molecule has 1 aliphatic rings. The minimum absolute atomic E-state index is 0.0601. The number of amides is 1. The molecule has 0 radical (unpaired) electrons. The highest BCUT2D eigenvalue weighted by Crippen LogP contribution is 2.37. The van der Waals surface area contributed by atoms with Crippen molar-refractivity contribution in [2.45, 2.75) is 32.8 Å². The summed E-state index contributed by atoms with van der Waals surface area (Å²) in [6.45, 7) is 4.33. The van der Waals surface area contributed by atoms with Crippen LogP contribution in [0.1, 0.15) is 35.9 Å². The molecule has 3 aromatic rings. The van der Waals surface area contributed by atoms with Gasteiger partial charge in [0, 0.05) is 36.2 Å². The van der Waals surface area contributed by atoms with Gasteiger partial charge in [0.2, 0.25) is 0 Å². The molecule has 6 nitrogen and oxygen atoms in total. The number of benzene rings is 2. The van der Waals surface area contributed by atoms with Crippen molar-refractivity contribution in [2.24, 2.45) is 0 Å². The summed E-state index contributed by atoms with van der Waals surface area (Å²) in [5.74, 6) is 0.314. The Labute approximate surface area is 156 Å². The van der Waals surface area contributed by atoms with Gasteiger partial charge in [-0.25, -0.2) is 0 Å². The molecular formula is C21H21NO5. The fraction of sp³-hybridized carbons (Fsp3) is 0.333. The molecule has 6 heteroatoms. The van der Waals surface area contributed by atoms with Crippen LogP contribution in [0.4, 0.5) is 0 Å². The normalized spacial score (nSPS) is 16.7. The first-order valence-corrected chi connectivity index (χ1v) is 9.07. The molecule has 4 rings (SSSR count). The summed E-state index contributed by atoms with van der Waals surface area (Å²) in [5.41, 5.74) is 1.07. The van der Waals surface area contributed by atoms with E-state index in [0.29, 0.717) is 34.6 Å². The molecule has 1 fully saturated rings. The summed E-state index contributed by atoms with van der Waals surface area (Å²) >= 11 is 0. The van der Waals surface area contributed by atoms with Crippen molar-refractivity contribution in [2.75, 3.05) is 13.2 Å². The molecule has 1 aromatic heterocycles. The highest BCUT2D eigenvalue weighted by molar-refractivity contribution is 6.16. The van der Waals surface area contributed by atoms with E-state index in [2.05, 4.69) is 5.32 Å². The molecule has 1 saturated heterocycles. The monoisotopic (exact) mass is 367 g/mol. The summed E-state index contributed by atoms with van der Waals surface area (Å²) in [4.78, 5) is 24.4. The summed E-state index contributed by atoms with van der Waals surface area (Å²) in [5, 5.41) is 5.13. The number of hydrogen-bond acceptors (Lipinski definition) is 5. The Hall–Kier alpha value is -2.86. The van der Waals surface area contributed by atoms with Gasteiger partial charge in [-0.1, -0.05) is 24.3 Å². The van der Waals surface area contributed by atoms with Crippen LogP contribution < -0.4 is 10.1 Å². The molecule has 0 bridgehead atoms. The van der Waals surface area contributed by atoms with E-state index in [1.165, 1.54) is 6.92 Å². The highest BCUT2D eigenvalue weighted by atomic mass is 16.5. The number of carbonyl (C=O) groups is 2. The summed E-state index contributed by atoms with van der Waals surface area (Å²) in [6.07, 6.45) is 2.03. The molecule has 0 aliphatic carbocycles. The summed E-state index contributed by atoms with van der Waals surface area (Å²) < 4.78 is 16.9. The van der Waals surface area contributed by atoms with Crippen molar-refractivity contribution in [3.05, 3.63) is 41.7 Å². The molecule has 2 heterocycles. The van der Waals surface area contributed by atoms with Crippen LogP contribution in [0.15, 0.2) is 34.7 Å². The molecular weight excluding hydrogens is 346 g/mol. The van der Waals surface area contributed by atoms with Gasteiger partial charge in [-0.15, -0.1) is 0 Å². The lowest BCUT2D eigenvalue weighted by Gasteiger charge is -2.11. The smallest absolute Gasteiger partial charge is 0.308 e. The van der Waals surface area contributed by atoms with E-state index in [-0.39, 0.29) is 12.0 Å². The Morgan fingerprint density at radius 1 is 1.22 bits per heavy atom. The molecule has 0 saturated carbocycles. The zero-order valence-electron chi connectivity index (χ0n) is 15.3. The number of carbonyl (C=O) groups excluding carboxylic acids is 2. The van der Waals surface area contributed by atoms with Gasteiger partial charge in [-0.05, 0) is 25.8 Å². The maximum absolute atomic E-state index is 12.8. The molecule has 140 valence electrons. The lowest BCUT2D eigenvalue weighted by atomic mass is 10.0. The molecule has 1 aliphatic heterocycles. The van der Waals surface area contributed by atoms with E-state index in [0.717, 1.165) is 30.2 Å². The molecule has 0 spiro atoms. The molecule has 1 N–H and O–H groups in total. The van der Waals surface area contributed by atoms with E-state index < -0.39 is 5.97 Å². The predicted molar refractivity (Wildman–Crippen MR) is 101 cm³/mol. The number of furan rings is 1. The first-order chi connectivity index (χ1) is 13.0. The number of fused-ring (bicyclic) bond motifs is 3. The zero-order chi connectivity index (χ0) is 19.0. The highest BCUT2D eigenvalue weighted by Gasteiger charge is 2.23. The minimum Gasteiger partial charge on any atom is -0.460 e. The van der Waals surface area contributed by atoms with Gasteiger partial charge >= 0.3 is 5.97 Å². The number of esters is 1. The second kappa shape index (κ2) is 7.04. The standard InChI is InChI=1S/C21H21NO5/c1-12-19(21(24)22-11-14-6-5-9-25-14)17-10-18(27-13(2)23)15-7-3-4-8-16(15)20(17)26-12/h3-4,7-8,10,14H,5-6,9,11H2,1-2H3,(H,22,24)/t14-/m1/s1. The van der Waals surface area contributed by atoms with Gasteiger partial charge in [-0.3, -0.25) is 9.59 Å². The topological polar surface area (TPSA) is 77.8 Å². The van der Waals surface area contributed by atoms with Crippen LogP contribution in [0.2, 0.25) is 0 Å². The number of nitrogens with one attached hydrogen (secondary N) is 1. The van der Waals surface area contributed by atoms with E-state index in [9.17, 15) is 9.59 Å². The Morgan fingerprint density at radius 2 is 2.00 bits per heavy atom. The molecule has 1 amide bonds. The molecule has 27 heavy (non-hydrogen) atoms. The third-order valence-electron chi connectivity index (χ3n) is 4.83. The van der Waals surface area contributed by atoms with Gasteiger partial charge in [0.1, 0.15) is 17.1 Å². The van der Waals surface area contributed by atoms with Gasteiger partial charge in [0.05, 0.1) is 11.7 Å². The van der Waals surface area contributed by atoms with Gasteiger partial charge in [0.25, 0.3) is 5.91 Å². The Kier molecular flexibility index (Phi) is 4.58. The van der Waals surface area contributed by atoms with Crippen LogP contribution >= 0.6 is 0 Å². The Bertz CT molecular complexity index is 1030. The van der Waals surface area contributed by atoms with Crippen LogP contribution in [-0.2, 0) is 9.53 Å². The van der Waals surface area contributed by atoms with Crippen molar-refractivity contribution in [1.82, 2.24) is 5.32 Å². The fourth-order valence-electron chi connectivity index (χ4n) is 3.63. The molecule has 0 unspecified atom stereocenters. The summed E-state index contributed by atoms with van der Waals surface area (Å²) in [6, 6.07) is 9.21. The summed E-state index contributed by atoms with van der Waals surface area (Å²) in [7, 11) is 0. The van der Waals surface area contributed by atoms with Crippen LogP contribution in [-0.4, -0.2) is 31.1 Å². The largest absolute Gasteiger partial charge is 0.460 e. The number of ether oxygens (including phenoxy) is 2. The van der Waals surface area contributed by atoms with E-state index >= 15 is 0 Å². The van der Waals surface area contributed by atoms with Crippen molar-refractivity contribution in [3.8, 4) is 5.75 Å². The quantitative estimate of drug-likeness (QED) is 0.562. The average molecular weight is 367 g/mol. The zero-order valence-corrected chi connectivity index (χ0v) is 15.3. The van der Waals surface area contributed by atoms with Gasteiger partial charge in [-0.2, -0.15) is 0 Å². The Balaban J connectivity index is 1.78. The third-order valence-corrected chi connectivity index (χ3v) is 4.83. The number of hydrogen-bond donors (Lipinski definition) is 1. The van der Waals surface area contributed by atoms with Crippen LogP contribution in [0, 0.1) is 6.92 Å². The predicted octanol–water partition coefficient (Wildman–Crippen LogP) is 3.73. The second-order valence-electron chi connectivity index (χ2n) is 6.77. The van der Waals surface area contributed by atoms with Gasteiger partial charge in [0.15, 0.2) is 0 Å². The molecule has 2 aromatic carbocycles. The Morgan fingerprint density at radius 3 is 2.70 bits per heavy atom. The second-order valence-corrected chi connectivity index (χ2v) is 6.77. The van der Waals surface area contributed by atoms with E-state index in [1.54, 1.807) is 13.0 Å². The van der Waals surface area contributed by atoms with Crippen LogP contribution in [0.5, 0.6) is 5.75 Å². The van der Waals surface area contributed by atoms with E-state index in [1.807, 2.05) is 24.3 Å². The van der Waals surface area contributed by atoms with Crippen molar-refractivity contribution >= 4 is 33.6 Å². The number of aryl methyl sites for hydroxylation is 1. The van der Waals surface area contributed by atoms with Gasteiger partial charge < -0.3 is 19.2 Å². The van der Waals surface area contributed by atoms with E-state index in [4.69, 9.17) is 13.9 Å². The van der Waals surface area contributed by atoms with Crippen LogP contribution in [0.3, 0.4) is 0 Å². The average Bonchev–Trinajstić information content (AvgIpc) is 3.27. The first kappa shape index (κ1) is 17.5. The number of rotatable bonds is 4. The fourth-order valence-corrected chi connectivity index (χ4v) is 3.63. The minimum atomic E-state index is -0.413. The maximum atomic E-state index is 12.8. The van der Waals surface area contributed by atoms with Crippen molar-refractivity contribution in [1.29, 1.82) is 0 Å². The first-order valence-electron chi connectivity index (χ1n) is 9.07. The van der Waals surface area contributed by atoms with Crippen molar-refractivity contribution < 1.29 is 23.5 Å². The third kappa shape index (κ3) is 3.28. The lowest BCUT2D eigenvalue weighted by Crippen LogP contribution is -2.31. The maximum Gasteiger partial charge on any atom is 0.308 e. The van der Waals surface area contributed by atoms with Crippen LogP contribution in [0.25, 0.3) is 21.7 Å². The molecule has 1 atom stereocenters.